The number of aromatic nitrogens is 3. The van der Waals surface area contributed by atoms with Crippen LogP contribution in [0.2, 0.25) is 0 Å². The molecule has 0 aliphatic rings. The minimum absolute atomic E-state index is 0.270. The Hall–Kier alpha value is -1.55. The molecule has 0 aliphatic carbocycles. The van der Waals surface area contributed by atoms with Gasteiger partial charge in [0.15, 0.2) is 5.82 Å². The van der Waals surface area contributed by atoms with Crippen LogP contribution in [-0.4, -0.2) is 14.8 Å². The van der Waals surface area contributed by atoms with E-state index in [1.165, 1.54) is 5.56 Å². The van der Waals surface area contributed by atoms with E-state index in [2.05, 4.69) is 23.9 Å². The van der Waals surface area contributed by atoms with E-state index < -0.39 is 0 Å². The Bertz CT molecular complexity index is 551. The molecular formula is C14H18ClN3O. The molecule has 0 radical (unpaired) electrons. The summed E-state index contributed by atoms with van der Waals surface area (Å²) in [5, 5.41) is 4.18. The van der Waals surface area contributed by atoms with Crippen molar-refractivity contribution in [2.45, 2.75) is 39.3 Å². The summed E-state index contributed by atoms with van der Waals surface area (Å²) >= 11 is 5.93. The number of hydrogen-bond acceptors (Lipinski definition) is 3. The Morgan fingerprint density at radius 1 is 1.37 bits per heavy atom. The molecule has 102 valence electrons. The van der Waals surface area contributed by atoms with Crippen molar-refractivity contribution in [2.24, 2.45) is 0 Å². The Balaban J connectivity index is 2.12. The van der Waals surface area contributed by atoms with Gasteiger partial charge in [0.1, 0.15) is 18.7 Å². The number of hydrogen-bond donors (Lipinski definition) is 0. The molecule has 0 amide bonds. The monoisotopic (exact) mass is 279 g/mol. The van der Waals surface area contributed by atoms with Gasteiger partial charge in [0.25, 0.3) is 0 Å². The summed E-state index contributed by atoms with van der Waals surface area (Å²) in [6.45, 7) is 6.56. The van der Waals surface area contributed by atoms with E-state index in [1.54, 1.807) is 6.33 Å². The van der Waals surface area contributed by atoms with Crippen molar-refractivity contribution in [1.29, 1.82) is 0 Å². The van der Waals surface area contributed by atoms with Crippen molar-refractivity contribution < 1.29 is 4.74 Å². The molecular weight excluding hydrogens is 262 g/mol. The summed E-state index contributed by atoms with van der Waals surface area (Å²) in [6, 6.07) is 6.27. The van der Waals surface area contributed by atoms with E-state index in [9.17, 15) is 0 Å². The zero-order valence-corrected chi connectivity index (χ0v) is 12.2. The normalized spacial score (nSPS) is 11.0. The van der Waals surface area contributed by atoms with Crippen molar-refractivity contribution >= 4 is 11.6 Å². The van der Waals surface area contributed by atoms with Crippen molar-refractivity contribution in [3.8, 4) is 5.75 Å². The molecule has 0 spiro atoms. The molecule has 5 heteroatoms. The lowest BCUT2D eigenvalue weighted by molar-refractivity contribution is 0.280. The molecule has 19 heavy (non-hydrogen) atoms. The topological polar surface area (TPSA) is 39.9 Å². The third-order valence-electron chi connectivity index (χ3n) is 2.85. The van der Waals surface area contributed by atoms with Crippen LogP contribution in [0.25, 0.3) is 0 Å². The maximum Gasteiger partial charge on any atom is 0.165 e. The second-order valence-electron chi connectivity index (χ2n) is 4.75. The van der Waals surface area contributed by atoms with Crippen LogP contribution < -0.4 is 4.74 Å². The number of aryl methyl sites for hydroxylation is 1. The highest BCUT2D eigenvalue weighted by Gasteiger charge is 2.09. The molecule has 0 saturated carbocycles. The predicted octanol–water partition coefficient (Wildman–Crippen LogP) is 3.49. The summed E-state index contributed by atoms with van der Waals surface area (Å²) in [4.78, 5) is 4.22. The summed E-state index contributed by atoms with van der Waals surface area (Å²) in [5.41, 5.74) is 2.17. The molecule has 0 unspecified atom stereocenters. The summed E-state index contributed by atoms with van der Waals surface area (Å²) in [6.07, 6.45) is 1.55. The summed E-state index contributed by atoms with van der Waals surface area (Å²) in [7, 11) is 0. The van der Waals surface area contributed by atoms with Gasteiger partial charge in [-0.1, -0.05) is 17.7 Å². The summed E-state index contributed by atoms with van der Waals surface area (Å²) in [5.74, 6) is 2.06. The number of benzene rings is 1. The molecule has 0 atom stereocenters. The quantitative estimate of drug-likeness (QED) is 0.787. The van der Waals surface area contributed by atoms with E-state index in [4.69, 9.17) is 16.3 Å². The van der Waals surface area contributed by atoms with E-state index in [-0.39, 0.29) is 6.04 Å². The molecule has 2 aromatic rings. The van der Waals surface area contributed by atoms with Crippen LogP contribution in [0.3, 0.4) is 0 Å². The van der Waals surface area contributed by atoms with Gasteiger partial charge in [-0.3, -0.25) is 0 Å². The minimum Gasteiger partial charge on any atom is -0.485 e. The molecule has 0 aliphatic heterocycles. The van der Waals surface area contributed by atoms with Crippen molar-refractivity contribution in [3.05, 3.63) is 41.5 Å². The third kappa shape index (κ3) is 3.26. The Kier molecular flexibility index (Phi) is 4.43. The molecule has 0 fully saturated rings. The second-order valence-corrected chi connectivity index (χ2v) is 5.02. The highest BCUT2D eigenvalue weighted by molar-refractivity contribution is 6.17. The van der Waals surface area contributed by atoms with Crippen LogP contribution >= 0.6 is 11.6 Å². The summed E-state index contributed by atoms with van der Waals surface area (Å²) < 4.78 is 7.67. The maximum atomic E-state index is 5.93. The second kappa shape index (κ2) is 6.06. The van der Waals surface area contributed by atoms with E-state index >= 15 is 0 Å². The SMILES string of the molecule is Cc1ccc(OCc2ncnn2C(C)C)c(CCl)c1. The van der Waals surface area contributed by atoms with Gasteiger partial charge in [-0.05, 0) is 26.8 Å². The first kappa shape index (κ1) is 13.9. The minimum atomic E-state index is 0.270. The van der Waals surface area contributed by atoms with Gasteiger partial charge in [0.2, 0.25) is 0 Å². The molecule has 4 nitrogen and oxygen atoms in total. The van der Waals surface area contributed by atoms with Gasteiger partial charge in [-0.2, -0.15) is 5.10 Å². The largest absolute Gasteiger partial charge is 0.485 e. The van der Waals surface area contributed by atoms with Crippen molar-refractivity contribution in [3.63, 3.8) is 0 Å². The van der Waals surface area contributed by atoms with Crippen LogP contribution in [0, 0.1) is 6.92 Å². The number of halogens is 1. The fraction of sp³-hybridized carbons (Fsp3) is 0.429. The van der Waals surface area contributed by atoms with Gasteiger partial charge in [-0.25, -0.2) is 9.67 Å². The van der Waals surface area contributed by atoms with Crippen molar-refractivity contribution in [2.75, 3.05) is 0 Å². The fourth-order valence-electron chi connectivity index (χ4n) is 1.90. The van der Waals surface area contributed by atoms with Crippen molar-refractivity contribution in [1.82, 2.24) is 14.8 Å². The number of alkyl halides is 1. The number of ether oxygens (including phenoxy) is 1. The first-order chi connectivity index (χ1) is 9.11. The highest BCUT2D eigenvalue weighted by atomic mass is 35.5. The van der Waals surface area contributed by atoms with Crippen LogP contribution in [0.5, 0.6) is 5.75 Å². The average molecular weight is 280 g/mol. The van der Waals surface area contributed by atoms with Gasteiger partial charge < -0.3 is 4.74 Å². The fourth-order valence-corrected chi connectivity index (χ4v) is 2.11. The number of nitrogens with zero attached hydrogens (tertiary/aromatic N) is 3. The van der Waals surface area contributed by atoms with Gasteiger partial charge in [0, 0.05) is 11.6 Å². The lowest BCUT2D eigenvalue weighted by atomic mass is 10.1. The van der Waals surface area contributed by atoms with E-state index in [0.717, 1.165) is 17.1 Å². The lowest BCUT2D eigenvalue weighted by Gasteiger charge is -2.12. The smallest absolute Gasteiger partial charge is 0.165 e. The average Bonchev–Trinajstić information content (AvgIpc) is 2.85. The van der Waals surface area contributed by atoms with Gasteiger partial charge >= 0.3 is 0 Å². The Labute approximate surface area is 118 Å². The zero-order chi connectivity index (χ0) is 13.8. The van der Waals surface area contributed by atoms with Crippen LogP contribution in [0.1, 0.15) is 36.8 Å². The first-order valence-corrected chi connectivity index (χ1v) is 6.82. The highest BCUT2D eigenvalue weighted by Crippen LogP contribution is 2.22. The molecule has 1 heterocycles. The van der Waals surface area contributed by atoms with Gasteiger partial charge in [0.05, 0.1) is 5.88 Å². The lowest BCUT2D eigenvalue weighted by Crippen LogP contribution is -2.11. The molecule has 0 saturated heterocycles. The molecule has 2 rings (SSSR count). The van der Waals surface area contributed by atoms with Crippen LogP contribution in [0.15, 0.2) is 24.5 Å². The van der Waals surface area contributed by atoms with Crippen LogP contribution in [-0.2, 0) is 12.5 Å². The van der Waals surface area contributed by atoms with Gasteiger partial charge in [-0.15, -0.1) is 11.6 Å². The van der Waals surface area contributed by atoms with Crippen LogP contribution in [0.4, 0.5) is 0 Å². The molecule has 1 aromatic heterocycles. The zero-order valence-electron chi connectivity index (χ0n) is 11.4. The van der Waals surface area contributed by atoms with E-state index in [0.29, 0.717) is 12.5 Å². The molecule has 0 bridgehead atoms. The third-order valence-corrected chi connectivity index (χ3v) is 3.14. The predicted molar refractivity (Wildman–Crippen MR) is 75.5 cm³/mol. The molecule has 1 aromatic carbocycles. The Morgan fingerprint density at radius 3 is 2.84 bits per heavy atom. The standard InChI is InChI=1S/C14H18ClN3O/c1-10(2)18-14(16-9-17-18)8-19-13-5-4-11(3)6-12(13)7-15/h4-6,9-10H,7-8H2,1-3H3. The first-order valence-electron chi connectivity index (χ1n) is 6.28. The molecule has 0 N–H and O–H groups in total. The maximum absolute atomic E-state index is 5.93. The van der Waals surface area contributed by atoms with E-state index in [1.807, 2.05) is 29.8 Å². The number of rotatable bonds is 5. The Morgan fingerprint density at radius 2 is 2.16 bits per heavy atom.